The van der Waals surface area contributed by atoms with Crippen LogP contribution in [0.5, 0.6) is 0 Å². The number of fused-ring (bicyclic) bond motifs is 2. The molecule has 0 bridgehead atoms. The van der Waals surface area contributed by atoms with Crippen molar-refractivity contribution in [2.45, 2.75) is 63.3 Å². The normalized spacial score (nSPS) is 25.0. The molecule has 2 aliphatic heterocycles. The van der Waals surface area contributed by atoms with Crippen LogP contribution < -0.4 is 5.32 Å². The molecule has 4 unspecified atom stereocenters. The van der Waals surface area contributed by atoms with Crippen LogP contribution >= 0.6 is 0 Å². The standard InChI is InChI=1S/C52H48N4/c1-3-15-44-35(11-1)13-9-17-46(44)41-31-42(47-18-10-14-36-12-2-4-16-45(36)47)33-43(32-41)52-55-50(39-25-21-37(22-26-39)48-19-5-7-29-53-48)34-51(56-52)40-27-23-38(24-28-40)49-20-6-8-30-54-49/h1,4-7,9-11,13-14,16-23,25,27-29,31-32,34,38-39,42,51H,2-3,8,12,15,24,26,30,33H2,(H,55,56). The highest BCUT2D eigenvalue weighted by Gasteiger charge is 2.30. The molecule has 0 fully saturated rings. The first-order valence-corrected chi connectivity index (χ1v) is 20.7. The molecule has 0 spiro atoms. The van der Waals surface area contributed by atoms with Crippen molar-refractivity contribution in [1.29, 1.82) is 0 Å². The van der Waals surface area contributed by atoms with Gasteiger partial charge >= 0.3 is 0 Å². The summed E-state index contributed by atoms with van der Waals surface area (Å²) in [5, 5.41) is 3.96. The van der Waals surface area contributed by atoms with E-state index in [-0.39, 0.29) is 17.9 Å². The zero-order valence-electron chi connectivity index (χ0n) is 31.9. The molecular formula is C52H48N4. The van der Waals surface area contributed by atoms with Crippen molar-refractivity contribution >= 4 is 34.8 Å². The summed E-state index contributed by atoms with van der Waals surface area (Å²) in [7, 11) is 0. The lowest BCUT2D eigenvalue weighted by Crippen LogP contribution is -2.35. The summed E-state index contributed by atoms with van der Waals surface area (Å²) in [5.74, 6) is 1.77. The highest BCUT2D eigenvalue weighted by Crippen LogP contribution is 2.42. The zero-order valence-corrected chi connectivity index (χ0v) is 31.9. The first kappa shape index (κ1) is 34.6. The average Bonchev–Trinajstić information content (AvgIpc) is 3.29. The van der Waals surface area contributed by atoms with Gasteiger partial charge in [-0.1, -0.05) is 115 Å². The van der Waals surface area contributed by atoms with Gasteiger partial charge < -0.3 is 5.32 Å². The molecule has 10 rings (SSSR count). The number of nitrogens with zero attached hydrogens (tertiary/aromatic N) is 3. The molecular weight excluding hydrogens is 681 g/mol. The van der Waals surface area contributed by atoms with Crippen molar-refractivity contribution in [2.24, 2.45) is 21.8 Å². The Kier molecular flexibility index (Phi) is 9.48. The van der Waals surface area contributed by atoms with E-state index in [2.05, 4.69) is 150 Å². The van der Waals surface area contributed by atoms with E-state index in [9.17, 15) is 0 Å². The van der Waals surface area contributed by atoms with Crippen molar-refractivity contribution < 1.29 is 0 Å². The first-order valence-electron chi connectivity index (χ1n) is 20.7. The summed E-state index contributed by atoms with van der Waals surface area (Å²) >= 11 is 0. The average molecular weight is 729 g/mol. The molecule has 56 heavy (non-hydrogen) atoms. The van der Waals surface area contributed by atoms with Crippen molar-refractivity contribution in [2.75, 3.05) is 6.54 Å². The Morgan fingerprint density at radius 1 is 0.696 bits per heavy atom. The number of aliphatic imine (C=N–C) groups is 2. The predicted molar refractivity (Wildman–Crippen MR) is 234 cm³/mol. The zero-order chi connectivity index (χ0) is 37.3. The van der Waals surface area contributed by atoms with E-state index in [1.807, 2.05) is 12.3 Å². The molecule has 1 N–H and O–H groups in total. The monoisotopic (exact) mass is 728 g/mol. The summed E-state index contributed by atoms with van der Waals surface area (Å²) in [6.07, 6.45) is 45.2. The van der Waals surface area contributed by atoms with Gasteiger partial charge in [-0.25, -0.2) is 0 Å². The molecule has 0 saturated heterocycles. The van der Waals surface area contributed by atoms with Crippen LogP contribution in [0.3, 0.4) is 0 Å². The molecule has 0 amide bonds. The Morgan fingerprint density at radius 2 is 1.59 bits per heavy atom. The number of amidine groups is 1. The van der Waals surface area contributed by atoms with Gasteiger partial charge in [0.25, 0.3) is 0 Å². The Labute approximate surface area is 331 Å². The maximum Gasteiger partial charge on any atom is 0.129 e. The Hall–Kier alpha value is -5.87. The number of hydrogen-bond donors (Lipinski definition) is 1. The topological polar surface area (TPSA) is 49.6 Å². The summed E-state index contributed by atoms with van der Waals surface area (Å²) in [5.41, 5.74) is 16.9. The van der Waals surface area contributed by atoms with Crippen LogP contribution in [0.4, 0.5) is 0 Å². The fourth-order valence-corrected chi connectivity index (χ4v) is 9.43. The second kappa shape index (κ2) is 15.3. The molecule has 0 saturated carbocycles. The smallest absolute Gasteiger partial charge is 0.129 e. The van der Waals surface area contributed by atoms with E-state index in [4.69, 9.17) is 9.98 Å². The second-order valence-corrected chi connectivity index (χ2v) is 15.9. The quantitative estimate of drug-likeness (QED) is 0.263. The third-order valence-electron chi connectivity index (χ3n) is 12.4. The van der Waals surface area contributed by atoms with Crippen LogP contribution in [0.1, 0.15) is 83.5 Å². The van der Waals surface area contributed by atoms with Crippen LogP contribution in [-0.4, -0.2) is 29.1 Å². The van der Waals surface area contributed by atoms with Gasteiger partial charge in [0.15, 0.2) is 0 Å². The lowest BCUT2D eigenvalue weighted by Gasteiger charge is -2.32. The lowest BCUT2D eigenvalue weighted by molar-refractivity contribution is 0.696. The molecule has 3 aromatic rings. The van der Waals surface area contributed by atoms with E-state index in [0.29, 0.717) is 5.92 Å². The highest BCUT2D eigenvalue weighted by atomic mass is 15.0. The van der Waals surface area contributed by atoms with Gasteiger partial charge in [0.2, 0.25) is 0 Å². The summed E-state index contributed by atoms with van der Waals surface area (Å²) < 4.78 is 0. The lowest BCUT2D eigenvalue weighted by atomic mass is 9.78. The van der Waals surface area contributed by atoms with E-state index in [1.165, 1.54) is 67.1 Å². The van der Waals surface area contributed by atoms with Gasteiger partial charge in [-0.15, -0.1) is 0 Å². The molecule has 0 radical (unpaired) electrons. The minimum absolute atomic E-state index is 0.0763. The molecule has 4 nitrogen and oxygen atoms in total. The summed E-state index contributed by atoms with van der Waals surface area (Å²) in [4.78, 5) is 15.1. The third-order valence-corrected chi connectivity index (χ3v) is 12.4. The maximum absolute atomic E-state index is 5.60. The minimum Gasteiger partial charge on any atom is -0.343 e. The molecule has 4 atom stereocenters. The van der Waals surface area contributed by atoms with Crippen LogP contribution in [-0.2, 0) is 12.8 Å². The molecule has 276 valence electrons. The second-order valence-electron chi connectivity index (χ2n) is 15.9. The summed E-state index contributed by atoms with van der Waals surface area (Å²) in [6.45, 7) is 0.892. The number of allylic oxidation sites excluding steroid dienone is 12. The molecule has 3 heterocycles. The van der Waals surface area contributed by atoms with Gasteiger partial charge in [0.1, 0.15) is 5.84 Å². The highest BCUT2D eigenvalue weighted by molar-refractivity contribution is 6.04. The molecule has 7 aliphatic rings. The number of aromatic nitrogens is 1. The van der Waals surface area contributed by atoms with E-state index in [0.717, 1.165) is 69.4 Å². The summed E-state index contributed by atoms with van der Waals surface area (Å²) in [6, 6.07) is 19.8. The number of hydrogen-bond acceptors (Lipinski definition) is 4. The van der Waals surface area contributed by atoms with Gasteiger partial charge in [-0.2, -0.15) is 0 Å². The molecule has 5 aliphatic carbocycles. The number of rotatable bonds is 7. The number of benzene rings is 2. The van der Waals surface area contributed by atoms with E-state index >= 15 is 0 Å². The predicted octanol–water partition coefficient (Wildman–Crippen LogP) is 11.3. The third kappa shape index (κ3) is 6.94. The van der Waals surface area contributed by atoms with E-state index < -0.39 is 0 Å². The van der Waals surface area contributed by atoms with Crippen LogP contribution in [0.25, 0.3) is 23.3 Å². The number of pyridine rings is 1. The van der Waals surface area contributed by atoms with E-state index in [1.54, 1.807) is 0 Å². The first-order chi connectivity index (χ1) is 27.7. The Balaban J connectivity index is 1.03. The Morgan fingerprint density at radius 3 is 2.45 bits per heavy atom. The number of aryl methyl sites for hydroxylation is 1. The molecule has 1 aromatic heterocycles. The maximum atomic E-state index is 5.60. The van der Waals surface area contributed by atoms with Gasteiger partial charge in [-0.05, 0) is 137 Å². The van der Waals surface area contributed by atoms with Gasteiger partial charge in [0.05, 0.1) is 11.7 Å². The largest absolute Gasteiger partial charge is 0.343 e. The fourth-order valence-electron chi connectivity index (χ4n) is 9.43. The SMILES string of the molecule is C1=CC(C2C=CC(C3C=C(C4C=CC(c5ccccn5)=CC4)NC(C4=CC(c5cccc6c5CCC=C6)=CC(c5cccc6c5C=CCC6)C4)=N3)=CC2)=NCC1. The Bertz CT molecular complexity index is 2440. The van der Waals surface area contributed by atoms with Crippen LogP contribution in [0, 0.1) is 11.8 Å². The fraction of sp³-hybridized carbons (Fsp3) is 0.250. The van der Waals surface area contributed by atoms with Gasteiger partial charge in [0, 0.05) is 41.9 Å². The molecule has 2 aromatic carbocycles. The number of nitrogens with one attached hydrogen (secondary N) is 1. The van der Waals surface area contributed by atoms with Gasteiger partial charge in [-0.3, -0.25) is 15.0 Å². The minimum atomic E-state index is -0.0763. The van der Waals surface area contributed by atoms with Crippen molar-refractivity contribution in [3.8, 4) is 0 Å². The molecule has 4 heteroatoms. The van der Waals surface area contributed by atoms with Crippen LogP contribution in [0.15, 0.2) is 167 Å². The number of dihydropyridines is 1. The van der Waals surface area contributed by atoms with Crippen molar-refractivity contribution in [1.82, 2.24) is 10.3 Å². The van der Waals surface area contributed by atoms with Crippen molar-refractivity contribution in [3.63, 3.8) is 0 Å². The van der Waals surface area contributed by atoms with Crippen LogP contribution in [0.2, 0.25) is 0 Å². The van der Waals surface area contributed by atoms with Crippen molar-refractivity contribution in [3.05, 3.63) is 196 Å².